The van der Waals surface area contributed by atoms with Gasteiger partial charge in [0, 0.05) is 19.3 Å². The van der Waals surface area contributed by atoms with Crippen molar-refractivity contribution in [2.45, 2.75) is 289 Å². The van der Waals surface area contributed by atoms with Gasteiger partial charge in [-0.25, -0.2) is 4.79 Å². The smallest absolute Gasteiger partial charge is 0.335 e. The minimum absolute atomic E-state index is 0.0461. The average molecular weight is 1110 g/mol. The molecule has 1 aliphatic heterocycles. The molecule has 1 saturated heterocycles. The summed E-state index contributed by atoms with van der Waals surface area (Å²) in [5.74, 6) is -3.20. The molecule has 12 heteroatoms. The van der Waals surface area contributed by atoms with Crippen molar-refractivity contribution < 1.29 is 58.2 Å². The lowest BCUT2D eigenvalue weighted by Crippen LogP contribution is -2.61. The van der Waals surface area contributed by atoms with E-state index in [1.807, 2.05) is 0 Å². The lowest BCUT2D eigenvalue weighted by Gasteiger charge is -2.40. The number of unbranched alkanes of at least 4 members (excludes halogenated alkanes) is 22. The molecule has 0 aliphatic carbocycles. The van der Waals surface area contributed by atoms with Gasteiger partial charge in [-0.1, -0.05) is 214 Å². The fourth-order valence-corrected chi connectivity index (χ4v) is 8.90. The number of esters is 3. The Bertz CT molecular complexity index is 1740. The molecule has 6 unspecified atom stereocenters. The molecule has 6 atom stereocenters. The summed E-state index contributed by atoms with van der Waals surface area (Å²) < 4.78 is 28.4. The molecule has 0 aromatic carbocycles. The minimum Gasteiger partial charge on any atom is -0.479 e. The molecule has 1 aliphatic rings. The highest BCUT2D eigenvalue weighted by atomic mass is 16.7. The van der Waals surface area contributed by atoms with Crippen LogP contribution in [0.15, 0.2) is 97.2 Å². The first-order valence-corrected chi connectivity index (χ1v) is 31.2. The molecular weight excluding hydrogens is 997 g/mol. The number of hydrogen-bond donors (Lipinski definition) is 3. The molecule has 0 amide bonds. The summed E-state index contributed by atoms with van der Waals surface area (Å²) in [5.41, 5.74) is 0. The van der Waals surface area contributed by atoms with Crippen molar-refractivity contribution in [3.63, 3.8) is 0 Å². The third kappa shape index (κ3) is 44.0. The van der Waals surface area contributed by atoms with Crippen LogP contribution in [0, 0.1) is 0 Å². The van der Waals surface area contributed by atoms with Crippen LogP contribution in [0.4, 0.5) is 0 Å². The van der Waals surface area contributed by atoms with Gasteiger partial charge in [0.05, 0.1) is 6.61 Å². The number of carboxylic acids is 1. The van der Waals surface area contributed by atoms with E-state index < -0.39 is 67.3 Å². The summed E-state index contributed by atoms with van der Waals surface area (Å²) in [6.45, 7) is 5.73. The van der Waals surface area contributed by atoms with E-state index in [0.717, 1.165) is 135 Å². The zero-order valence-corrected chi connectivity index (χ0v) is 49.6. The Morgan fingerprint density at radius 2 is 0.797 bits per heavy atom. The quantitative estimate of drug-likeness (QED) is 0.0228. The van der Waals surface area contributed by atoms with E-state index in [9.17, 15) is 34.5 Å². The highest BCUT2D eigenvalue weighted by Gasteiger charge is 2.50. The van der Waals surface area contributed by atoms with Crippen LogP contribution < -0.4 is 0 Å². The van der Waals surface area contributed by atoms with Crippen LogP contribution in [0.3, 0.4) is 0 Å². The van der Waals surface area contributed by atoms with Crippen LogP contribution >= 0.6 is 0 Å². The number of rotatable bonds is 52. The van der Waals surface area contributed by atoms with Crippen LogP contribution in [-0.4, -0.2) is 89.2 Å². The zero-order chi connectivity index (χ0) is 57.5. The van der Waals surface area contributed by atoms with Gasteiger partial charge in [0.25, 0.3) is 0 Å². The summed E-state index contributed by atoms with van der Waals surface area (Å²) in [6, 6.07) is 0. The number of carbonyl (C=O) groups is 4. The third-order valence-corrected chi connectivity index (χ3v) is 13.6. The molecule has 0 aromatic heterocycles. The number of ether oxygens (including phenoxy) is 5. The van der Waals surface area contributed by atoms with Gasteiger partial charge in [-0.05, 0) is 116 Å². The summed E-state index contributed by atoms with van der Waals surface area (Å²) in [4.78, 5) is 51.2. The van der Waals surface area contributed by atoms with Gasteiger partial charge in [0.2, 0.25) is 0 Å². The Morgan fingerprint density at radius 3 is 1.25 bits per heavy atom. The van der Waals surface area contributed by atoms with Crippen molar-refractivity contribution in [1.82, 2.24) is 0 Å². The molecule has 0 radical (unpaired) electrons. The maximum Gasteiger partial charge on any atom is 0.335 e. The van der Waals surface area contributed by atoms with E-state index in [1.54, 1.807) is 0 Å². The van der Waals surface area contributed by atoms with Crippen LogP contribution in [-0.2, 0) is 42.9 Å². The second kappa shape index (κ2) is 54.2. The zero-order valence-electron chi connectivity index (χ0n) is 49.6. The van der Waals surface area contributed by atoms with Crippen molar-refractivity contribution in [1.29, 1.82) is 0 Å². The SMILES string of the molecule is CC/C=C\C/C=C\C/C=C\C/C=C\CCCCC(=O)OC(COC(=O)CCCCCCCCC/C=C\C/C=C\C/C=C\CC)COC1OC(C(=O)O)C(O)C(O)C1OC(=O)CCCCCCCCC/C=C\CCCCCCCC. The maximum atomic E-state index is 13.2. The van der Waals surface area contributed by atoms with Crippen molar-refractivity contribution in [3.05, 3.63) is 97.2 Å². The summed E-state index contributed by atoms with van der Waals surface area (Å²) >= 11 is 0. The Hall–Kier alpha value is -4.36. The first-order chi connectivity index (χ1) is 38.6. The lowest BCUT2D eigenvalue weighted by atomic mass is 9.98. The van der Waals surface area contributed by atoms with E-state index >= 15 is 0 Å². The minimum atomic E-state index is -1.92. The molecule has 3 N–H and O–H groups in total. The fraction of sp³-hybridized carbons (Fsp3) is 0.701. The molecule has 0 spiro atoms. The van der Waals surface area contributed by atoms with Gasteiger partial charge < -0.3 is 39.0 Å². The van der Waals surface area contributed by atoms with Crippen molar-refractivity contribution in [2.24, 2.45) is 0 Å². The van der Waals surface area contributed by atoms with E-state index in [-0.39, 0.29) is 25.9 Å². The van der Waals surface area contributed by atoms with Gasteiger partial charge in [-0.3, -0.25) is 14.4 Å². The number of aliphatic hydroxyl groups excluding tert-OH is 2. The van der Waals surface area contributed by atoms with Gasteiger partial charge in [-0.2, -0.15) is 0 Å². The summed E-state index contributed by atoms with van der Waals surface area (Å²) in [5, 5.41) is 31.6. The molecule has 0 aromatic rings. The number of carboxylic acid groups (broad SMARTS) is 1. The van der Waals surface area contributed by atoms with E-state index in [2.05, 4.69) is 118 Å². The number of hydrogen-bond acceptors (Lipinski definition) is 11. The van der Waals surface area contributed by atoms with E-state index in [1.165, 1.54) is 57.8 Å². The van der Waals surface area contributed by atoms with Gasteiger partial charge in [-0.15, -0.1) is 0 Å². The largest absolute Gasteiger partial charge is 0.479 e. The Kier molecular flexibility index (Phi) is 49.9. The van der Waals surface area contributed by atoms with Crippen LogP contribution in [0.5, 0.6) is 0 Å². The van der Waals surface area contributed by atoms with Crippen LogP contribution in [0.1, 0.15) is 252 Å². The lowest BCUT2D eigenvalue weighted by molar-refractivity contribution is -0.301. The number of aliphatic carboxylic acids is 1. The second-order valence-electron chi connectivity index (χ2n) is 20.9. The number of carbonyl (C=O) groups excluding carboxylic acids is 3. The Labute approximate surface area is 479 Å². The predicted molar refractivity (Wildman–Crippen MR) is 321 cm³/mol. The first-order valence-electron chi connectivity index (χ1n) is 31.2. The maximum absolute atomic E-state index is 13.2. The van der Waals surface area contributed by atoms with Crippen molar-refractivity contribution in [2.75, 3.05) is 13.2 Å². The predicted octanol–water partition coefficient (Wildman–Crippen LogP) is 16.5. The first kappa shape index (κ1) is 72.7. The van der Waals surface area contributed by atoms with E-state index in [0.29, 0.717) is 19.3 Å². The molecule has 1 rings (SSSR count). The molecular formula is C67H110O12. The van der Waals surface area contributed by atoms with Crippen LogP contribution in [0.25, 0.3) is 0 Å². The molecule has 1 heterocycles. The summed E-state index contributed by atoms with van der Waals surface area (Å²) in [7, 11) is 0. The fourth-order valence-electron chi connectivity index (χ4n) is 8.90. The summed E-state index contributed by atoms with van der Waals surface area (Å²) in [6.07, 6.45) is 59.4. The molecule has 0 bridgehead atoms. The van der Waals surface area contributed by atoms with Crippen molar-refractivity contribution >= 4 is 23.9 Å². The standard InChI is InChI=1S/C67H110O12/c1-4-7-10-13-16-19-22-25-28-30-33-35-38-41-44-47-50-53-59(68)75-56-58(77-60(69)54-51-48-45-42-39-36-32-27-24-21-18-15-12-9-6-3)57-76-67-65(63(72)62(71)64(79-67)66(73)74)78-61(70)55-52-49-46-43-40-37-34-31-29-26-23-20-17-14-11-8-5-2/h7,9-10,12,16,18-19,21,25-29,32,39,42,58,62-65,67,71-72H,4-6,8,11,13-15,17,20,22-24,30-31,33-38,40-41,43-57H2,1-3H3,(H,73,74)/b10-7-,12-9-,19-16-,21-18-,28-25-,29-26-,32-27-,42-39-. The monoisotopic (exact) mass is 1110 g/mol. The number of allylic oxidation sites excluding steroid dienone is 16. The number of aliphatic hydroxyl groups is 2. The molecule has 450 valence electrons. The topological polar surface area (TPSA) is 175 Å². The van der Waals surface area contributed by atoms with Gasteiger partial charge >= 0.3 is 23.9 Å². The Balaban J connectivity index is 2.70. The second-order valence-corrected chi connectivity index (χ2v) is 20.9. The molecule has 79 heavy (non-hydrogen) atoms. The molecule has 0 saturated carbocycles. The average Bonchev–Trinajstić information content (AvgIpc) is 3.46. The van der Waals surface area contributed by atoms with Gasteiger partial charge in [0.1, 0.15) is 18.8 Å². The Morgan fingerprint density at radius 1 is 0.430 bits per heavy atom. The third-order valence-electron chi connectivity index (χ3n) is 13.6. The molecule has 12 nitrogen and oxygen atoms in total. The van der Waals surface area contributed by atoms with E-state index in [4.69, 9.17) is 23.7 Å². The van der Waals surface area contributed by atoms with Crippen LogP contribution in [0.2, 0.25) is 0 Å². The highest BCUT2D eigenvalue weighted by Crippen LogP contribution is 2.26. The highest BCUT2D eigenvalue weighted by molar-refractivity contribution is 5.74. The van der Waals surface area contributed by atoms with Crippen molar-refractivity contribution in [3.8, 4) is 0 Å². The van der Waals surface area contributed by atoms with Gasteiger partial charge in [0.15, 0.2) is 24.6 Å². The normalized spacial score (nSPS) is 18.5. The molecule has 1 fully saturated rings.